The van der Waals surface area contributed by atoms with Gasteiger partial charge in [0, 0.05) is 6.61 Å². The van der Waals surface area contributed by atoms with Crippen molar-refractivity contribution in [2.75, 3.05) is 13.2 Å². The Labute approximate surface area is 116 Å². The van der Waals surface area contributed by atoms with E-state index in [-0.39, 0.29) is 25.5 Å². The third-order valence-electron chi connectivity index (χ3n) is 2.33. The molecule has 0 aliphatic rings. The highest BCUT2D eigenvalue weighted by atomic mass is 16.5. The molecule has 112 valence electrons. The van der Waals surface area contributed by atoms with Gasteiger partial charge in [0.05, 0.1) is 6.61 Å². The molecule has 0 saturated heterocycles. The van der Waals surface area contributed by atoms with Crippen LogP contribution in [0, 0.1) is 0 Å². The Morgan fingerprint density at radius 1 is 1.15 bits per heavy atom. The second-order valence-electron chi connectivity index (χ2n) is 3.78. The van der Waals surface area contributed by atoms with Gasteiger partial charge >= 0.3 is 5.69 Å². The lowest BCUT2D eigenvalue weighted by atomic mass is 10.2. The molecule has 0 fully saturated rings. The zero-order chi connectivity index (χ0) is 14.1. The zero-order valence-corrected chi connectivity index (χ0v) is 10.3. The van der Waals surface area contributed by atoms with Crippen LogP contribution in [-0.2, 0) is 4.79 Å². The Bertz CT molecular complexity index is 544. The van der Waals surface area contributed by atoms with Crippen LogP contribution < -0.4 is 16.0 Å². The molecule has 0 aromatic carbocycles. The summed E-state index contributed by atoms with van der Waals surface area (Å²) in [4.78, 5) is 37.4. The summed E-state index contributed by atoms with van der Waals surface area (Å²) in [5.41, 5.74) is -1.19. The van der Waals surface area contributed by atoms with Crippen molar-refractivity contribution in [1.29, 1.82) is 0 Å². The van der Waals surface area contributed by atoms with Crippen LogP contribution in [0.2, 0.25) is 0 Å². The second-order valence-corrected chi connectivity index (χ2v) is 3.78. The summed E-state index contributed by atoms with van der Waals surface area (Å²) in [6.45, 7) is 0.427. The topological polar surface area (TPSA) is 112 Å². The fourth-order valence-corrected chi connectivity index (χ4v) is 1.44. The molecule has 0 saturated carbocycles. The molecule has 1 heterocycles. The number of aromatic amines is 2. The molecule has 0 atom stereocenters. The van der Waals surface area contributed by atoms with Crippen molar-refractivity contribution in [2.24, 2.45) is 0 Å². The maximum Gasteiger partial charge on any atom is 0.328 e. The largest absolute Gasteiger partial charge is 0.478 e. The van der Waals surface area contributed by atoms with Crippen LogP contribution in [0.3, 0.4) is 0 Å². The number of hydrogen-bond acceptors (Lipinski definition) is 5. The van der Waals surface area contributed by atoms with Gasteiger partial charge in [0.2, 0.25) is 5.88 Å². The van der Waals surface area contributed by atoms with Gasteiger partial charge in [-0.15, -0.1) is 0 Å². The normalized spacial score (nSPS) is 10.2. The van der Waals surface area contributed by atoms with E-state index in [9.17, 15) is 14.4 Å². The van der Waals surface area contributed by atoms with E-state index in [4.69, 9.17) is 9.84 Å². The Morgan fingerprint density at radius 3 is 2.55 bits per heavy atom. The van der Waals surface area contributed by atoms with Crippen molar-refractivity contribution < 1.29 is 14.6 Å². The first-order valence-corrected chi connectivity index (χ1v) is 5.91. The molecular formula is C13H20N2O5. The molecule has 0 aliphatic heterocycles. The minimum Gasteiger partial charge on any atom is -0.478 e. The number of carbonyl (C=O) groups is 1. The minimum absolute atomic E-state index is 0. The van der Waals surface area contributed by atoms with E-state index in [1.54, 1.807) is 0 Å². The lowest BCUT2D eigenvalue weighted by Gasteiger charge is -2.07. The predicted molar refractivity (Wildman–Crippen MR) is 75.9 cm³/mol. The fraction of sp³-hybridized carbons (Fsp3) is 0.462. The summed E-state index contributed by atoms with van der Waals surface area (Å²) in [5, 5.41) is 8.62. The van der Waals surface area contributed by atoms with Gasteiger partial charge in [-0.1, -0.05) is 7.43 Å². The van der Waals surface area contributed by atoms with Gasteiger partial charge in [0.1, 0.15) is 11.8 Å². The van der Waals surface area contributed by atoms with Crippen LogP contribution in [0.25, 0.3) is 6.08 Å². The number of hydrogen-bond donors (Lipinski definition) is 3. The lowest BCUT2D eigenvalue weighted by Crippen LogP contribution is -2.25. The molecule has 0 aliphatic carbocycles. The van der Waals surface area contributed by atoms with Crippen molar-refractivity contribution in [3.05, 3.63) is 32.5 Å². The number of allylic oxidation sites excluding steroid dienone is 1. The third-order valence-corrected chi connectivity index (χ3v) is 2.33. The summed E-state index contributed by atoms with van der Waals surface area (Å²) >= 11 is 0. The van der Waals surface area contributed by atoms with Gasteiger partial charge in [-0.3, -0.25) is 19.6 Å². The number of rotatable bonds is 8. The molecule has 1 aromatic rings. The highest BCUT2D eigenvalue weighted by Crippen LogP contribution is 2.10. The molecule has 7 nitrogen and oxygen atoms in total. The van der Waals surface area contributed by atoms with E-state index in [0.29, 0.717) is 25.7 Å². The fourth-order valence-electron chi connectivity index (χ4n) is 1.44. The van der Waals surface area contributed by atoms with E-state index < -0.39 is 11.2 Å². The van der Waals surface area contributed by atoms with Crippen molar-refractivity contribution in [1.82, 2.24) is 9.97 Å². The Kier molecular flexibility index (Phi) is 8.69. The molecule has 3 N–H and O–H groups in total. The Balaban J connectivity index is 0.00000361. The van der Waals surface area contributed by atoms with E-state index in [1.807, 2.05) is 0 Å². The number of aromatic nitrogens is 2. The summed E-state index contributed by atoms with van der Waals surface area (Å²) in [6.07, 6.45) is 5.07. The highest BCUT2D eigenvalue weighted by molar-refractivity contribution is 5.74. The quantitative estimate of drug-likeness (QED) is 0.364. The summed E-state index contributed by atoms with van der Waals surface area (Å²) in [6, 6.07) is 0. The number of ether oxygens (including phenoxy) is 1. The second kappa shape index (κ2) is 9.74. The van der Waals surface area contributed by atoms with Crippen molar-refractivity contribution >= 4 is 12.4 Å². The van der Waals surface area contributed by atoms with Gasteiger partial charge in [0.15, 0.2) is 0 Å². The summed E-state index contributed by atoms with van der Waals surface area (Å²) < 4.78 is 5.32. The lowest BCUT2D eigenvalue weighted by molar-refractivity contribution is -0.104. The van der Waals surface area contributed by atoms with E-state index in [1.165, 1.54) is 6.08 Å². The van der Waals surface area contributed by atoms with Gasteiger partial charge < -0.3 is 9.84 Å². The van der Waals surface area contributed by atoms with Gasteiger partial charge in [-0.2, -0.15) is 0 Å². The number of aliphatic hydroxyl groups excluding tert-OH is 1. The average Bonchev–Trinajstić information content (AvgIpc) is 2.37. The van der Waals surface area contributed by atoms with E-state index in [2.05, 4.69) is 9.97 Å². The smallest absolute Gasteiger partial charge is 0.328 e. The van der Waals surface area contributed by atoms with Crippen molar-refractivity contribution in [3.63, 3.8) is 0 Å². The number of aliphatic hydroxyl groups is 1. The first kappa shape index (κ1) is 17.8. The van der Waals surface area contributed by atoms with E-state index >= 15 is 0 Å². The highest BCUT2D eigenvalue weighted by Gasteiger charge is 2.07. The maximum absolute atomic E-state index is 11.5. The van der Waals surface area contributed by atoms with Crippen LogP contribution in [0.1, 0.15) is 32.3 Å². The monoisotopic (exact) mass is 284 g/mol. The van der Waals surface area contributed by atoms with Crippen LogP contribution in [0.15, 0.2) is 15.7 Å². The molecule has 0 spiro atoms. The number of H-pyrrole nitrogens is 2. The standard InChI is InChI=1S/C12H16N2O5.CH4/c15-6-2-1-3-8-19-11-9(5-4-7-16)10(17)13-12(18)14-11;/h4-5,7,15H,1-3,6,8H2,(H2,13,14,17,18);1H4/b5-4+;. The van der Waals surface area contributed by atoms with Crippen LogP contribution in [0.5, 0.6) is 5.88 Å². The molecular weight excluding hydrogens is 264 g/mol. The zero-order valence-electron chi connectivity index (χ0n) is 10.3. The molecule has 0 bridgehead atoms. The van der Waals surface area contributed by atoms with Crippen LogP contribution >= 0.6 is 0 Å². The number of aldehydes is 1. The van der Waals surface area contributed by atoms with E-state index in [0.717, 1.165) is 12.5 Å². The molecule has 1 rings (SSSR count). The average molecular weight is 284 g/mol. The van der Waals surface area contributed by atoms with Crippen LogP contribution in [0.4, 0.5) is 0 Å². The van der Waals surface area contributed by atoms with Crippen LogP contribution in [-0.4, -0.2) is 34.6 Å². The molecule has 20 heavy (non-hydrogen) atoms. The molecule has 7 heteroatoms. The molecule has 0 amide bonds. The minimum atomic E-state index is -0.668. The Hall–Kier alpha value is -2.15. The summed E-state index contributed by atoms with van der Waals surface area (Å²) in [7, 11) is 0. The number of carbonyl (C=O) groups excluding carboxylic acids is 1. The van der Waals surface area contributed by atoms with Crippen molar-refractivity contribution in [2.45, 2.75) is 26.7 Å². The predicted octanol–water partition coefficient (Wildman–Crippen LogP) is 0.453. The number of nitrogens with one attached hydrogen (secondary N) is 2. The molecule has 0 unspecified atom stereocenters. The molecule has 1 aromatic heterocycles. The number of unbranched alkanes of at least 4 members (excludes halogenated alkanes) is 2. The first-order valence-electron chi connectivity index (χ1n) is 5.91. The van der Waals surface area contributed by atoms with Gasteiger partial charge in [-0.05, 0) is 31.4 Å². The first-order chi connectivity index (χ1) is 9.19. The summed E-state index contributed by atoms with van der Waals surface area (Å²) in [5.74, 6) is 0.0378. The maximum atomic E-state index is 11.5. The third kappa shape index (κ3) is 5.66. The molecule has 0 radical (unpaired) electrons. The van der Waals surface area contributed by atoms with Crippen molar-refractivity contribution in [3.8, 4) is 5.88 Å². The SMILES string of the molecule is C.O=C/C=C/c1c(OCCCCCO)[nH]c(=O)[nH]c1=O. The Morgan fingerprint density at radius 2 is 1.90 bits per heavy atom. The van der Waals surface area contributed by atoms with Gasteiger partial charge in [-0.25, -0.2) is 4.79 Å². The van der Waals surface area contributed by atoms with Gasteiger partial charge in [0.25, 0.3) is 5.56 Å².